The van der Waals surface area contributed by atoms with E-state index in [1.807, 2.05) is 12.1 Å². The molecule has 0 saturated carbocycles. The van der Waals surface area contributed by atoms with Gasteiger partial charge in [0.2, 0.25) is 0 Å². The van der Waals surface area contributed by atoms with Crippen LogP contribution in [0.15, 0.2) is 30.3 Å². The lowest BCUT2D eigenvalue weighted by Gasteiger charge is -2.08. The molecule has 0 spiro atoms. The Kier molecular flexibility index (Phi) is 6.52. The number of para-hydroxylation sites is 1. The number of aryl methyl sites for hydroxylation is 1. The Labute approximate surface area is 128 Å². The van der Waals surface area contributed by atoms with Gasteiger partial charge >= 0.3 is 0 Å². The summed E-state index contributed by atoms with van der Waals surface area (Å²) in [4.78, 5) is 4.75. The zero-order valence-corrected chi connectivity index (χ0v) is 13.4. The number of methoxy groups -OCH3 is 1. The van der Waals surface area contributed by atoms with E-state index in [1.165, 1.54) is 44.9 Å². The first kappa shape index (κ1) is 15.8. The maximum atomic E-state index is 5.50. The van der Waals surface area contributed by atoms with Gasteiger partial charge in [-0.3, -0.25) is 4.98 Å². The lowest BCUT2D eigenvalue weighted by Crippen LogP contribution is -1.95. The van der Waals surface area contributed by atoms with E-state index in [2.05, 4.69) is 25.1 Å². The smallest absolute Gasteiger partial charge is 0.130 e. The standard InChI is InChI=1S/C19H27NO/c1-3-4-5-6-7-8-9-12-16-15-19(21-2)17-13-10-11-14-18(17)20-16/h10-11,13-15H,3-9,12H2,1-2H3. The second kappa shape index (κ2) is 8.66. The lowest BCUT2D eigenvalue weighted by atomic mass is 10.1. The average Bonchev–Trinajstić information content (AvgIpc) is 2.53. The Hall–Kier alpha value is -1.57. The van der Waals surface area contributed by atoms with Gasteiger partial charge in [0.05, 0.1) is 12.6 Å². The van der Waals surface area contributed by atoms with Gasteiger partial charge in [-0.15, -0.1) is 0 Å². The molecule has 0 saturated heterocycles. The van der Waals surface area contributed by atoms with E-state index in [9.17, 15) is 0 Å². The Bertz CT molecular complexity index is 550. The third-order valence-corrected chi connectivity index (χ3v) is 3.99. The number of hydrogen-bond donors (Lipinski definition) is 0. The van der Waals surface area contributed by atoms with Crippen LogP contribution in [0.5, 0.6) is 5.75 Å². The minimum Gasteiger partial charge on any atom is -0.496 e. The molecule has 0 bridgehead atoms. The van der Waals surface area contributed by atoms with Crippen LogP contribution < -0.4 is 4.74 Å². The van der Waals surface area contributed by atoms with Gasteiger partial charge in [0.1, 0.15) is 5.75 Å². The largest absolute Gasteiger partial charge is 0.496 e. The predicted octanol–water partition coefficient (Wildman–Crippen LogP) is 5.54. The van der Waals surface area contributed by atoms with Crippen molar-refractivity contribution in [2.45, 2.75) is 58.3 Å². The second-order valence-electron chi connectivity index (χ2n) is 5.70. The third-order valence-electron chi connectivity index (χ3n) is 3.99. The summed E-state index contributed by atoms with van der Waals surface area (Å²) in [6.07, 6.45) is 10.4. The van der Waals surface area contributed by atoms with Crippen molar-refractivity contribution in [3.05, 3.63) is 36.0 Å². The quantitative estimate of drug-likeness (QED) is 0.565. The lowest BCUT2D eigenvalue weighted by molar-refractivity contribution is 0.418. The highest BCUT2D eigenvalue weighted by atomic mass is 16.5. The fourth-order valence-electron chi connectivity index (χ4n) is 2.76. The summed E-state index contributed by atoms with van der Waals surface area (Å²) in [5, 5.41) is 1.10. The zero-order valence-electron chi connectivity index (χ0n) is 13.4. The molecular weight excluding hydrogens is 258 g/mol. The van der Waals surface area contributed by atoms with Gasteiger partial charge in [0, 0.05) is 17.1 Å². The molecule has 2 nitrogen and oxygen atoms in total. The fraction of sp³-hybridized carbons (Fsp3) is 0.526. The summed E-state index contributed by atoms with van der Waals surface area (Å²) >= 11 is 0. The van der Waals surface area contributed by atoms with E-state index in [0.29, 0.717) is 0 Å². The van der Waals surface area contributed by atoms with Crippen LogP contribution in [0.1, 0.15) is 57.6 Å². The second-order valence-corrected chi connectivity index (χ2v) is 5.70. The number of hydrogen-bond acceptors (Lipinski definition) is 2. The van der Waals surface area contributed by atoms with Gasteiger partial charge in [-0.1, -0.05) is 57.6 Å². The minimum absolute atomic E-state index is 0.943. The molecule has 2 aromatic rings. The van der Waals surface area contributed by atoms with E-state index in [-0.39, 0.29) is 0 Å². The predicted molar refractivity (Wildman–Crippen MR) is 90.0 cm³/mol. The number of nitrogens with zero attached hydrogens (tertiary/aromatic N) is 1. The molecule has 0 fully saturated rings. The highest BCUT2D eigenvalue weighted by Gasteiger charge is 2.05. The zero-order chi connectivity index (χ0) is 14.9. The molecular formula is C19H27NO. The minimum atomic E-state index is 0.943. The number of benzene rings is 1. The SMILES string of the molecule is CCCCCCCCCc1cc(OC)c2ccccc2n1. The van der Waals surface area contributed by atoms with Crippen LogP contribution in [-0.4, -0.2) is 12.1 Å². The topological polar surface area (TPSA) is 22.1 Å². The van der Waals surface area contributed by atoms with Gasteiger partial charge in [0.15, 0.2) is 0 Å². The van der Waals surface area contributed by atoms with Crippen LogP contribution in [0.2, 0.25) is 0 Å². The molecule has 2 rings (SSSR count). The van der Waals surface area contributed by atoms with Crippen molar-refractivity contribution < 1.29 is 4.74 Å². The summed E-state index contributed by atoms with van der Waals surface area (Å²) in [5.41, 5.74) is 2.19. The summed E-state index contributed by atoms with van der Waals surface area (Å²) in [5.74, 6) is 0.943. The highest BCUT2D eigenvalue weighted by Crippen LogP contribution is 2.25. The van der Waals surface area contributed by atoms with Crippen molar-refractivity contribution in [3.63, 3.8) is 0 Å². The first-order valence-electron chi connectivity index (χ1n) is 8.27. The van der Waals surface area contributed by atoms with Crippen molar-refractivity contribution in [3.8, 4) is 5.75 Å². The van der Waals surface area contributed by atoms with Gasteiger partial charge in [0.25, 0.3) is 0 Å². The van der Waals surface area contributed by atoms with Gasteiger partial charge in [-0.2, -0.15) is 0 Å². The van der Waals surface area contributed by atoms with Crippen LogP contribution in [0, 0.1) is 0 Å². The fourth-order valence-corrected chi connectivity index (χ4v) is 2.76. The molecule has 0 aliphatic carbocycles. The maximum Gasteiger partial charge on any atom is 0.130 e. The Morgan fingerprint density at radius 2 is 1.67 bits per heavy atom. The van der Waals surface area contributed by atoms with E-state index >= 15 is 0 Å². The number of ether oxygens (including phenoxy) is 1. The normalized spacial score (nSPS) is 11.0. The molecule has 1 aromatic heterocycles. The first-order chi connectivity index (χ1) is 10.3. The molecule has 0 aliphatic rings. The molecule has 0 atom stereocenters. The molecule has 114 valence electrons. The monoisotopic (exact) mass is 285 g/mol. The van der Waals surface area contributed by atoms with Crippen molar-refractivity contribution in [2.75, 3.05) is 7.11 Å². The van der Waals surface area contributed by atoms with Gasteiger partial charge in [-0.25, -0.2) is 0 Å². The maximum absolute atomic E-state index is 5.50. The van der Waals surface area contributed by atoms with Crippen LogP contribution in [0.3, 0.4) is 0 Å². The van der Waals surface area contributed by atoms with E-state index in [1.54, 1.807) is 7.11 Å². The van der Waals surface area contributed by atoms with E-state index in [0.717, 1.165) is 28.8 Å². The molecule has 0 unspecified atom stereocenters. The molecule has 0 aliphatic heterocycles. The van der Waals surface area contributed by atoms with E-state index in [4.69, 9.17) is 9.72 Å². The molecule has 1 heterocycles. The molecule has 2 heteroatoms. The molecule has 21 heavy (non-hydrogen) atoms. The number of unbranched alkanes of at least 4 members (excludes halogenated alkanes) is 6. The number of fused-ring (bicyclic) bond motifs is 1. The molecule has 1 aromatic carbocycles. The van der Waals surface area contributed by atoms with Crippen LogP contribution in [0.25, 0.3) is 10.9 Å². The average molecular weight is 285 g/mol. The van der Waals surface area contributed by atoms with Crippen LogP contribution in [0.4, 0.5) is 0 Å². The summed E-state index contributed by atoms with van der Waals surface area (Å²) < 4.78 is 5.50. The number of pyridine rings is 1. The highest BCUT2D eigenvalue weighted by molar-refractivity contribution is 5.85. The van der Waals surface area contributed by atoms with Crippen molar-refractivity contribution in [1.82, 2.24) is 4.98 Å². The summed E-state index contributed by atoms with van der Waals surface area (Å²) in [6.45, 7) is 2.26. The number of rotatable bonds is 9. The summed E-state index contributed by atoms with van der Waals surface area (Å²) in [7, 11) is 1.74. The Morgan fingerprint density at radius 3 is 2.43 bits per heavy atom. The van der Waals surface area contributed by atoms with Gasteiger partial charge < -0.3 is 4.74 Å². The van der Waals surface area contributed by atoms with Gasteiger partial charge in [-0.05, 0) is 25.0 Å². The van der Waals surface area contributed by atoms with Crippen molar-refractivity contribution in [2.24, 2.45) is 0 Å². The third kappa shape index (κ3) is 4.73. The van der Waals surface area contributed by atoms with Crippen LogP contribution >= 0.6 is 0 Å². The Morgan fingerprint density at radius 1 is 0.952 bits per heavy atom. The van der Waals surface area contributed by atoms with Crippen molar-refractivity contribution in [1.29, 1.82) is 0 Å². The van der Waals surface area contributed by atoms with Crippen molar-refractivity contribution >= 4 is 10.9 Å². The molecule has 0 amide bonds. The number of aromatic nitrogens is 1. The Balaban J connectivity index is 1.87. The first-order valence-corrected chi connectivity index (χ1v) is 8.27. The van der Waals surface area contributed by atoms with E-state index < -0.39 is 0 Å². The molecule has 0 radical (unpaired) electrons. The summed E-state index contributed by atoms with van der Waals surface area (Å²) in [6, 6.07) is 10.3. The molecule has 0 N–H and O–H groups in total. The van der Waals surface area contributed by atoms with Crippen LogP contribution in [-0.2, 0) is 6.42 Å².